The number of halogens is 1. The zero-order valence-electron chi connectivity index (χ0n) is 20.5. The molecule has 2 saturated carbocycles. The van der Waals surface area contributed by atoms with E-state index in [1.807, 2.05) is 12.1 Å². The van der Waals surface area contributed by atoms with Gasteiger partial charge in [-0.05, 0) is 62.1 Å². The standard InChI is InChI=1S/C28H33ClN4O3/c29-21-8-6-9-22-20(21)14-23(32-22)27(36)33-17-28(11-4-1-5-12-28)15-24(33)26(35)31-19(16-30)13-18-7-2-3-10-25(18)34/h6,8-9,14,18-19,24,32H,1-5,7,10-13,15,17H2,(H,31,35). The van der Waals surface area contributed by atoms with Crippen molar-refractivity contribution in [2.75, 3.05) is 6.54 Å². The molecule has 190 valence electrons. The van der Waals surface area contributed by atoms with Crippen LogP contribution in [0.1, 0.15) is 81.1 Å². The maximum atomic E-state index is 13.7. The van der Waals surface area contributed by atoms with E-state index in [4.69, 9.17) is 11.6 Å². The second kappa shape index (κ2) is 10.3. The van der Waals surface area contributed by atoms with Gasteiger partial charge in [-0.1, -0.05) is 43.4 Å². The summed E-state index contributed by atoms with van der Waals surface area (Å²) in [6.45, 7) is 0.533. The number of nitrogens with one attached hydrogen (secondary N) is 2. The first kappa shape index (κ1) is 24.8. The number of likely N-dealkylation sites (tertiary alicyclic amines) is 1. The number of hydrogen-bond acceptors (Lipinski definition) is 4. The molecule has 2 aliphatic carbocycles. The number of fused-ring (bicyclic) bond motifs is 1. The van der Waals surface area contributed by atoms with Crippen molar-refractivity contribution in [2.24, 2.45) is 11.3 Å². The first-order chi connectivity index (χ1) is 17.4. The van der Waals surface area contributed by atoms with E-state index in [0.29, 0.717) is 36.5 Å². The molecule has 2 aromatic rings. The van der Waals surface area contributed by atoms with Crippen LogP contribution in [0, 0.1) is 22.7 Å². The Hall–Kier alpha value is -2.85. The van der Waals surface area contributed by atoms with Crippen LogP contribution in [0.25, 0.3) is 10.9 Å². The molecule has 1 aromatic heterocycles. The van der Waals surface area contributed by atoms with Crippen LogP contribution in [-0.4, -0.2) is 46.1 Å². The van der Waals surface area contributed by atoms with E-state index in [2.05, 4.69) is 16.4 Å². The van der Waals surface area contributed by atoms with E-state index in [9.17, 15) is 19.6 Å². The van der Waals surface area contributed by atoms with Crippen LogP contribution in [0.5, 0.6) is 0 Å². The van der Waals surface area contributed by atoms with Crippen molar-refractivity contribution in [3.8, 4) is 6.07 Å². The Balaban J connectivity index is 1.37. The lowest BCUT2D eigenvalue weighted by molar-refractivity contribution is -0.127. The van der Waals surface area contributed by atoms with Crippen LogP contribution in [0.15, 0.2) is 24.3 Å². The molecule has 7 nitrogen and oxygen atoms in total. The highest BCUT2D eigenvalue weighted by atomic mass is 35.5. The molecular formula is C28H33ClN4O3. The molecule has 2 amide bonds. The quantitative estimate of drug-likeness (QED) is 0.582. The second-order valence-corrected chi connectivity index (χ2v) is 11.3. The van der Waals surface area contributed by atoms with Crippen LogP contribution in [0.2, 0.25) is 5.02 Å². The van der Waals surface area contributed by atoms with Crippen molar-refractivity contribution in [3.63, 3.8) is 0 Å². The van der Waals surface area contributed by atoms with Crippen molar-refractivity contribution in [2.45, 2.75) is 82.7 Å². The lowest BCUT2D eigenvalue weighted by atomic mass is 9.72. The van der Waals surface area contributed by atoms with Crippen LogP contribution < -0.4 is 5.32 Å². The van der Waals surface area contributed by atoms with Gasteiger partial charge in [0.25, 0.3) is 5.91 Å². The minimum absolute atomic E-state index is 0.0684. The van der Waals surface area contributed by atoms with Crippen molar-refractivity contribution in [1.82, 2.24) is 15.2 Å². The van der Waals surface area contributed by atoms with Gasteiger partial charge in [0.2, 0.25) is 5.91 Å². The fourth-order valence-electron chi connectivity index (χ4n) is 6.56. The number of benzene rings is 1. The van der Waals surface area contributed by atoms with Crippen LogP contribution in [0.3, 0.4) is 0 Å². The Morgan fingerprint density at radius 2 is 2.03 bits per heavy atom. The first-order valence-electron chi connectivity index (χ1n) is 13.2. The molecule has 0 bridgehead atoms. The predicted octanol–water partition coefficient (Wildman–Crippen LogP) is 5.14. The Kier molecular flexibility index (Phi) is 7.07. The largest absolute Gasteiger partial charge is 0.350 e. The summed E-state index contributed by atoms with van der Waals surface area (Å²) in [6.07, 6.45) is 9.52. The maximum Gasteiger partial charge on any atom is 0.271 e. The number of aromatic amines is 1. The molecule has 36 heavy (non-hydrogen) atoms. The van der Waals surface area contributed by atoms with Crippen molar-refractivity contribution in [3.05, 3.63) is 35.0 Å². The van der Waals surface area contributed by atoms with Gasteiger partial charge in [-0.25, -0.2) is 0 Å². The number of carbonyl (C=O) groups excluding carboxylic acids is 3. The molecule has 1 spiro atoms. The fourth-order valence-corrected chi connectivity index (χ4v) is 6.79. The number of aromatic nitrogens is 1. The van der Waals surface area contributed by atoms with Gasteiger partial charge in [-0.15, -0.1) is 0 Å². The van der Waals surface area contributed by atoms with Gasteiger partial charge in [0, 0.05) is 34.8 Å². The lowest BCUT2D eigenvalue weighted by Crippen LogP contribution is -2.49. The summed E-state index contributed by atoms with van der Waals surface area (Å²) < 4.78 is 0. The van der Waals surface area contributed by atoms with E-state index < -0.39 is 12.1 Å². The molecule has 5 rings (SSSR count). The molecule has 0 radical (unpaired) electrons. The molecule has 2 N–H and O–H groups in total. The summed E-state index contributed by atoms with van der Waals surface area (Å²) in [4.78, 5) is 44.5. The number of ketones is 1. The predicted molar refractivity (Wildman–Crippen MR) is 137 cm³/mol. The van der Waals surface area contributed by atoms with Crippen molar-refractivity contribution < 1.29 is 14.4 Å². The lowest BCUT2D eigenvalue weighted by Gasteiger charge is -2.32. The van der Waals surface area contributed by atoms with Crippen LogP contribution in [0.4, 0.5) is 0 Å². The van der Waals surface area contributed by atoms with Crippen LogP contribution >= 0.6 is 11.6 Å². The summed E-state index contributed by atoms with van der Waals surface area (Å²) in [5.41, 5.74) is 1.12. The maximum absolute atomic E-state index is 13.7. The Morgan fingerprint density at radius 1 is 1.22 bits per heavy atom. The van der Waals surface area contributed by atoms with Gasteiger partial charge >= 0.3 is 0 Å². The molecular weight excluding hydrogens is 476 g/mol. The molecule has 3 unspecified atom stereocenters. The molecule has 8 heteroatoms. The topological polar surface area (TPSA) is 106 Å². The number of nitriles is 1. The Bertz CT molecular complexity index is 1210. The third kappa shape index (κ3) is 4.88. The summed E-state index contributed by atoms with van der Waals surface area (Å²) in [5, 5.41) is 14.0. The highest BCUT2D eigenvalue weighted by Gasteiger charge is 2.49. The number of carbonyl (C=O) groups is 3. The molecule has 3 fully saturated rings. The monoisotopic (exact) mass is 508 g/mol. The van der Waals surface area contributed by atoms with Gasteiger partial charge in [0.1, 0.15) is 23.6 Å². The fraction of sp³-hybridized carbons (Fsp3) is 0.571. The average Bonchev–Trinajstić information content (AvgIpc) is 3.48. The molecule has 3 atom stereocenters. The zero-order chi connectivity index (χ0) is 25.3. The molecule has 1 aromatic carbocycles. The van der Waals surface area contributed by atoms with Crippen molar-refractivity contribution >= 4 is 40.1 Å². The third-order valence-corrected chi connectivity index (χ3v) is 8.83. The molecule has 3 aliphatic rings. The normalized spacial score (nSPS) is 24.6. The van der Waals surface area contributed by atoms with Crippen LogP contribution in [-0.2, 0) is 9.59 Å². The second-order valence-electron chi connectivity index (χ2n) is 10.9. The average molecular weight is 509 g/mol. The summed E-state index contributed by atoms with van der Waals surface area (Å²) in [6, 6.07) is 8.05. The smallest absolute Gasteiger partial charge is 0.271 e. The van der Waals surface area contributed by atoms with Gasteiger partial charge in [-0.2, -0.15) is 5.26 Å². The Labute approximate surface area is 216 Å². The number of amides is 2. The summed E-state index contributed by atoms with van der Waals surface area (Å²) in [7, 11) is 0. The van der Waals surface area contributed by atoms with E-state index >= 15 is 0 Å². The van der Waals surface area contributed by atoms with E-state index in [1.165, 1.54) is 6.42 Å². The SMILES string of the molecule is N#CC(CC1CCCCC1=O)NC(=O)C1CC2(CCCCC2)CN1C(=O)c1cc2c(Cl)cccc2[nH]1. The number of hydrogen-bond donors (Lipinski definition) is 2. The van der Waals surface area contributed by atoms with Crippen molar-refractivity contribution in [1.29, 1.82) is 5.26 Å². The zero-order valence-corrected chi connectivity index (χ0v) is 21.3. The third-order valence-electron chi connectivity index (χ3n) is 8.50. The number of H-pyrrole nitrogens is 1. The number of nitrogens with zero attached hydrogens (tertiary/aromatic N) is 2. The summed E-state index contributed by atoms with van der Waals surface area (Å²) in [5.74, 6) is -0.506. The van der Waals surface area contributed by atoms with Gasteiger partial charge < -0.3 is 15.2 Å². The van der Waals surface area contributed by atoms with Gasteiger partial charge in [0.05, 0.1) is 6.07 Å². The van der Waals surface area contributed by atoms with Gasteiger partial charge in [0.15, 0.2) is 0 Å². The minimum Gasteiger partial charge on any atom is -0.350 e. The molecule has 2 heterocycles. The van der Waals surface area contributed by atoms with E-state index in [-0.39, 0.29) is 28.9 Å². The summed E-state index contributed by atoms with van der Waals surface area (Å²) >= 11 is 6.33. The Morgan fingerprint density at radius 3 is 2.75 bits per heavy atom. The molecule has 1 saturated heterocycles. The molecule has 1 aliphatic heterocycles. The number of rotatable bonds is 5. The minimum atomic E-state index is -0.740. The highest BCUT2D eigenvalue weighted by molar-refractivity contribution is 6.35. The first-order valence-corrected chi connectivity index (χ1v) is 13.6. The highest BCUT2D eigenvalue weighted by Crippen LogP contribution is 2.47. The van der Waals surface area contributed by atoms with Gasteiger partial charge in [-0.3, -0.25) is 14.4 Å². The number of Topliss-reactive ketones (excluding diaryl/α,β-unsaturated/α-hetero) is 1. The van der Waals surface area contributed by atoms with E-state index in [0.717, 1.165) is 55.8 Å². The van der Waals surface area contributed by atoms with E-state index in [1.54, 1.807) is 17.0 Å².